The summed E-state index contributed by atoms with van der Waals surface area (Å²) < 4.78 is 13.3. The zero-order chi connectivity index (χ0) is 17.8. The van der Waals surface area contributed by atoms with Gasteiger partial charge in [-0.1, -0.05) is 12.1 Å². The fourth-order valence-corrected chi connectivity index (χ4v) is 2.98. The molecule has 5 nitrogen and oxygen atoms in total. The molecule has 1 aliphatic rings. The lowest BCUT2D eigenvalue weighted by molar-refractivity contribution is 0.0718. The number of carbonyl (C=O) groups is 2. The van der Waals surface area contributed by atoms with E-state index in [-0.39, 0.29) is 24.2 Å². The number of rotatable bonds is 2. The molecule has 2 aromatic rings. The van der Waals surface area contributed by atoms with Crippen LogP contribution >= 0.6 is 12.4 Å². The maximum Gasteiger partial charge on any atom is 0.254 e. The van der Waals surface area contributed by atoms with Crippen molar-refractivity contribution in [2.24, 2.45) is 0 Å². The molecular weight excluding hydrogens is 357 g/mol. The molecule has 0 unspecified atom stereocenters. The van der Waals surface area contributed by atoms with Gasteiger partial charge in [-0.2, -0.15) is 0 Å². The summed E-state index contributed by atoms with van der Waals surface area (Å²) in [5, 5.41) is 0. The monoisotopic (exact) mass is 377 g/mol. The summed E-state index contributed by atoms with van der Waals surface area (Å²) in [5.74, 6) is -0.732. The summed E-state index contributed by atoms with van der Waals surface area (Å²) in [5.41, 5.74) is 7.16. The van der Waals surface area contributed by atoms with Crippen molar-refractivity contribution in [1.29, 1.82) is 0 Å². The molecule has 0 saturated carbocycles. The Kier molecular flexibility index (Phi) is 6.58. The van der Waals surface area contributed by atoms with E-state index in [4.69, 9.17) is 5.73 Å². The molecule has 3 rings (SSSR count). The molecule has 0 radical (unpaired) electrons. The van der Waals surface area contributed by atoms with E-state index < -0.39 is 5.82 Å². The number of nitrogen functional groups attached to an aromatic ring is 1. The van der Waals surface area contributed by atoms with Crippen LogP contribution in [0, 0.1) is 5.82 Å². The second kappa shape index (κ2) is 8.67. The summed E-state index contributed by atoms with van der Waals surface area (Å²) in [7, 11) is 0. The van der Waals surface area contributed by atoms with Gasteiger partial charge in [0.25, 0.3) is 11.8 Å². The van der Waals surface area contributed by atoms with Crippen LogP contribution < -0.4 is 5.73 Å². The number of anilines is 1. The smallest absolute Gasteiger partial charge is 0.254 e. The van der Waals surface area contributed by atoms with Crippen molar-refractivity contribution in [1.82, 2.24) is 9.80 Å². The van der Waals surface area contributed by atoms with E-state index in [2.05, 4.69) is 0 Å². The first-order chi connectivity index (χ1) is 12.0. The minimum absolute atomic E-state index is 0. The molecule has 0 spiro atoms. The SMILES string of the molecule is Cl.Nc1cccc(C(=O)N2CCCN(C(=O)c3cccc(F)c3)CC2)c1. The Hall–Kier alpha value is -2.60. The third-order valence-corrected chi connectivity index (χ3v) is 4.28. The van der Waals surface area contributed by atoms with Crippen LogP contribution in [0.5, 0.6) is 0 Å². The molecule has 0 aliphatic carbocycles. The summed E-state index contributed by atoms with van der Waals surface area (Å²) in [6.45, 7) is 1.97. The molecule has 7 heteroatoms. The lowest BCUT2D eigenvalue weighted by Gasteiger charge is -2.22. The van der Waals surface area contributed by atoms with E-state index in [0.29, 0.717) is 49.4 Å². The van der Waals surface area contributed by atoms with E-state index in [1.165, 1.54) is 18.2 Å². The fourth-order valence-electron chi connectivity index (χ4n) is 2.98. The standard InChI is InChI=1S/C19H20FN3O2.ClH/c20-16-6-1-4-14(12-16)18(24)22-8-3-9-23(11-10-22)19(25)15-5-2-7-17(21)13-15;/h1-2,4-7,12-13H,3,8-11,21H2;1H. The highest BCUT2D eigenvalue weighted by molar-refractivity contribution is 5.96. The molecule has 1 aliphatic heterocycles. The van der Waals surface area contributed by atoms with Gasteiger partial charge in [0.2, 0.25) is 0 Å². The summed E-state index contributed by atoms with van der Waals surface area (Å²) in [4.78, 5) is 28.5. The maximum atomic E-state index is 13.3. The van der Waals surface area contributed by atoms with Crippen LogP contribution in [-0.4, -0.2) is 47.8 Å². The number of benzene rings is 2. The maximum absolute atomic E-state index is 13.3. The Balaban J connectivity index is 0.00000243. The molecule has 0 bridgehead atoms. The van der Waals surface area contributed by atoms with Crippen molar-refractivity contribution in [3.63, 3.8) is 0 Å². The topological polar surface area (TPSA) is 66.6 Å². The first kappa shape index (κ1) is 19.7. The number of hydrogen-bond acceptors (Lipinski definition) is 3. The largest absolute Gasteiger partial charge is 0.399 e. The van der Waals surface area contributed by atoms with E-state index in [9.17, 15) is 14.0 Å². The normalized spacial score (nSPS) is 14.3. The molecule has 2 amide bonds. The van der Waals surface area contributed by atoms with E-state index in [1.807, 2.05) is 0 Å². The second-order valence-corrected chi connectivity index (χ2v) is 6.07. The Morgan fingerprint density at radius 2 is 1.38 bits per heavy atom. The van der Waals surface area contributed by atoms with Crippen LogP contribution in [0.25, 0.3) is 0 Å². The van der Waals surface area contributed by atoms with Gasteiger partial charge < -0.3 is 15.5 Å². The lowest BCUT2D eigenvalue weighted by Crippen LogP contribution is -2.37. The highest BCUT2D eigenvalue weighted by atomic mass is 35.5. The Labute approximate surface area is 158 Å². The molecule has 1 fully saturated rings. The van der Waals surface area contributed by atoms with Crippen molar-refractivity contribution < 1.29 is 14.0 Å². The minimum atomic E-state index is -0.431. The molecule has 2 N–H and O–H groups in total. The third-order valence-electron chi connectivity index (χ3n) is 4.28. The third kappa shape index (κ3) is 4.52. The molecular formula is C19H21ClFN3O2. The lowest BCUT2D eigenvalue weighted by atomic mass is 10.1. The van der Waals surface area contributed by atoms with Crippen LogP contribution in [0.1, 0.15) is 27.1 Å². The molecule has 1 saturated heterocycles. The van der Waals surface area contributed by atoms with Crippen LogP contribution in [0.3, 0.4) is 0 Å². The van der Waals surface area contributed by atoms with Crippen molar-refractivity contribution in [3.8, 4) is 0 Å². The molecule has 0 aromatic heterocycles. The fraction of sp³-hybridized carbons (Fsp3) is 0.263. The quantitative estimate of drug-likeness (QED) is 0.818. The average Bonchev–Trinajstić information content (AvgIpc) is 2.86. The zero-order valence-electron chi connectivity index (χ0n) is 14.2. The number of hydrogen-bond donors (Lipinski definition) is 1. The highest BCUT2D eigenvalue weighted by Gasteiger charge is 2.23. The van der Waals surface area contributed by atoms with Gasteiger partial charge in [-0.3, -0.25) is 9.59 Å². The molecule has 0 atom stereocenters. The van der Waals surface area contributed by atoms with Gasteiger partial charge >= 0.3 is 0 Å². The van der Waals surface area contributed by atoms with Crippen molar-refractivity contribution in [3.05, 3.63) is 65.5 Å². The zero-order valence-corrected chi connectivity index (χ0v) is 15.0. The number of nitrogens with two attached hydrogens (primary N) is 1. The molecule has 138 valence electrons. The van der Waals surface area contributed by atoms with Crippen LogP contribution in [0.2, 0.25) is 0 Å². The Bertz CT molecular complexity index is 734. The van der Waals surface area contributed by atoms with Gasteiger partial charge in [0, 0.05) is 43.0 Å². The number of nitrogens with zero attached hydrogens (tertiary/aromatic N) is 2. The van der Waals surface area contributed by atoms with Crippen molar-refractivity contribution in [2.75, 3.05) is 31.9 Å². The van der Waals surface area contributed by atoms with Crippen LogP contribution in [-0.2, 0) is 0 Å². The number of amides is 2. The van der Waals surface area contributed by atoms with Gasteiger partial charge in [0.1, 0.15) is 5.82 Å². The van der Waals surface area contributed by atoms with Gasteiger partial charge in [0.15, 0.2) is 0 Å². The van der Waals surface area contributed by atoms with Gasteiger partial charge in [-0.25, -0.2) is 4.39 Å². The first-order valence-electron chi connectivity index (χ1n) is 8.24. The second-order valence-electron chi connectivity index (χ2n) is 6.07. The first-order valence-corrected chi connectivity index (χ1v) is 8.24. The number of carbonyl (C=O) groups excluding carboxylic acids is 2. The number of halogens is 2. The molecule has 1 heterocycles. The minimum Gasteiger partial charge on any atom is -0.399 e. The Morgan fingerprint density at radius 1 is 0.846 bits per heavy atom. The van der Waals surface area contributed by atoms with Gasteiger partial charge in [0.05, 0.1) is 0 Å². The summed E-state index contributed by atoms with van der Waals surface area (Å²) >= 11 is 0. The molecule has 26 heavy (non-hydrogen) atoms. The summed E-state index contributed by atoms with van der Waals surface area (Å²) in [6, 6.07) is 12.6. The molecule has 2 aromatic carbocycles. The van der Waals surface area contributed by atoms with Crippen molar-refractivity contribution >= 4 is 29.9 Å². The highest BCUT2D eigenvalue weighted by Crippen LogP contribution is 2.14. The predicted molar refractivity (Wildman–Crippen MR) is 101 cm³/mol. The van der Waals surface area contributed by atoms with Gasteiger partial charge in [-0.15, -0.1) is 12.4 Å². The van der Waals surface area contributed by atoms with Gasteiger partial charge in [-0.05, 0) is 42.8 Å². The Morgan fingerprint density at radius 3 is 1.92 bits per heavy atom. The van der Waals surface area contributed by atoms with Crippen LogP contribution in [0.4, 0.5) is 10.1 Å². The van der Waals surface area contributed by atoms with E-state index >= 15 is 0 Å². The van der Waals surface area contributed by atoms with Crippen molar-refractivity contribution in [2.45, 2.75) is 6.42 Å². The van der Waals surface area contributed by atoms with E-state index in [1.54, 1.807) is 40.1 Å². The summed E-state index contributed by atoms with van der Waals surface area (Å²) in [6.07, 6.45) is 0.676. The van der Waals surface area contributed by atoms with Crippen LogP contribution in [0.15, 0.2) is 48.5 Å². The predicted octanol–water partition coefficient (Wildman–Crippen LogP) is 2.82. The van der Waals surface area contributed by atoms with E-state index in [0.717, 1.165) is 0 Å². The average molecular weight is 378 g/mol.